The average molecular weight is 331 g/mol. The first-order chi connectivity index (χ1) is 9.88. The number of piperidine rings is 1. The molecular weight excluding hydrogens is 304 g/mol. The van der Waals surface area contributed by atoms with Crippen LogP contribution in [0.4, 0.5) is 5.88 Å². The Morgan fingerprint density at radius 1 is 1.55 bits per heavy atom. The van der Waals surface area contributed by atoms with Crippen LogP contribution in [-0.4, -0.2) is 42.1 Å². The zero-order chi connectivity index (χ0) is 15.5. The van der Waals surface area contributed by atoms with Gasteiger partial charge in [-0.15, -0.1) is 12.4 Å². The van der Waals surface area contributed by atoms with Crippen LogP contribution < -0.4 is 11.1 Å². The van der Waals surface area contributed by atoms with Gasteiger partial charge in [-0.1, -0.05) is 25.9 Å². The molecule has 1 unspecified atom stereocenters. The Hall–Kier alpha value is -1.11. The number of amides is 1. The first-order valence-electron chi connectivity index (χ1n) is 7.58. The molecule has 0 bridgehead atoms. The van der Waals surface area contributed by atoms with E-state index in [1.165, 1.54) is 0 Å². The SMILES string of the molecule is CC(C)(C)c1cc(NC(=O)CN2CCCC(CN)C2)on1.Cl. The summed E-state index contributed by atoms with van der Waals surface area (Å²) in [6, 6.07) is 1.79. The van der Waals surface area contributed by atoms with Crippen LogP contribution in [0.1, 0.15) is 39.3 Å². The molecule has 2 heterocycles. The standard InChI is InChI=1S/C15H26N4O2.ClH/c1-15(2,3)12-7-14(21-18-12)17-13(20)10-19-6-4-5-11(8-16)9-19;/h7,11H,4-6,8-10,16H2,1-3H3,(H,17,20);1H. The van der Waals surface area contributed by atoms with Gasteiger partial charge in [-0.05, 0) is 31.8 Å². The topological polar surface area (TPSA) is 84.4 Å². The number of nitrogens with zero attached hydrogens (tertiary/aromatic N) is 2. The Morgan fingerprint density at radius 2 is 2.27 bits per heavy atom. The quantitative estimate of drug-likeness (QED) is 0.882. The van der Waals surface area contributed by atoms with Crippen molar-refractivity contribution in [3.8, 4) is 0 Å². The smallest absolute Gasteiger partial charge is 0.240 e. The minimum absolute atomic E-state index is 0. The highest BCUT2D eigenvalue weighted by Gasteiger charge is 2.22. The Labute approximate surface area is 138 Å². The van der Waals surface area contributed by atoms with E-state index < -0.39 is 0 Å². The Kier molecular flexibility index (Phi) is 6.84. The zero-order valence-electron chi connectivity index (χ0n) is 13.6. The van der Waals surface area contributed by atoms with E-state index in [2.05, 4.69) is 36.1 Å². The van der Waals surface area contributed by atoms with E-state index in [4.69, 9.17) is 10.3 Å². The van der Waals surface area contributed by atoms with Gasteiger partial charge in [0.25, 0.3) is 0 Å². The summed E-state index contributed by atoms with van der Waals surface area (Å²) in [6.45, 7) is 9.07. The van der Waals surface area contributed by atoms with Crippen LogP contribution in [0.3, 0.4) is 0 Å². The van der Waals surface area contributed by atoms with Gasteiger partial charge in [0.1, 0.15) is 0 Å². The average Bonchev–Trinajstić information content (AvgIpc) is 2.87. The van der Waals surface area contributed by atoms with Crippen molar-refractivity contribution in [2.45, 2.75) is 39.0 Å². The highest BCUT2D eigenvalue weighted by Crippen LogP contribution is 2.23. The fourth-order valence-corrected chi connectivity index (χ4v) is 2.55. The third kappa shape index (κ3) is 5.26. The molecule has 1 aliphatic heterocycles. The summed E-state index contributed by atoms with van der Waals surface area (Å²) in [6.07, 6.45) is 2.26. The fraction of sp³-hybridized carbons (Fsp3) is 0.733. The number of halogens is 1. The number of likely N-dealkylation sites (tertiary alicyclic amines) is 1. The van der Waals surface area contributed by atoms with Crippen molar-refractivity contribution in [2.24, 2.45) is 11.7 Å². The summed E-state index contributed by atoms with van der Waals surface area (Å²) in [4.78, 5) is 14.2. The largest absolute Gasteiger partial charge is 0.338 e. The number of carbonyl (C=O) groups excluding carboxylic acids is 1. The van der Waals surface area contributed by atoms with Crippen molar-refractivity contribution < 1.29 is 9.32 Å². The maximum atomic E-state index is 12.1. The van der Waals surface area contributed by atoms with Crippen molar-refractivity contribution in [2.75, 3.05) is 31.5 Å². The molecule has 6 nitrogen and oxygen atoms in total. The van der Waals surface area contributed by atoms with E-state index in [1.54, 1.807) is 6.07 Å². The minimum atomic E-state index is -0.0896. The third-order valence-electron chi connectivity index (χ3n) is 3.84. The van der Waals surface area contributed by atoms with Crippen LogP contribution in [-0.2, 0) is 10.2 Å². The van der Waals surface area contributed by atoms with Gasteiger partial charge in [0.2, 0.25) is 11.8 Å². The number of hydrogen-bond donors (Lipinski definition) is 2. The van der Waals surface area contributed by atoms with Gasteiger partial charge < -0.3 is 10.3 Å². The lowest BCUT2D eigenvalue weighted by Gasteiger charge is -2.31. The second-order valence-electron chi connectivity index (χ2n) is 6.85. The molecule has 0 aromatic carbocycles. The highest BCUT2D eigenvalue weighted by molar-refractivity contribution is 5.91. The number of aromatic nitrogens is 1. The van der Waals surface area contributed by atoms with Crippen LogP contribution >= 0.6 is 12.4 Å². The summed E-state index contributed by atoms with van der Waals surface area (Å²) in [7, 11) is 0. The molecule has 1 amide bonds. The molecule has 1 fully saturated rings. The van der Waals surface area contributed by atoms with Crippen molar-refractivity contribution in [3.63, 3.8) is 0 Å². The zero-order valence-corrected chi connectivity index (χ0v) is 14.4. The van der Waals surface area contributed by atoms with E-state index in [-0.39, 0.29) is 23.7 Å². The van der Waals surface area contributed by atoms with Crippen LogP contribution in [0.2, 0.25) is 0 Å². The summed E-state index contributed by atoms with van der Waals surface area (Å²) in [5.41, 5.74) is 6.46. The minimum Gasteiger partial charge on any atom is -0.338 e. The first kappa shape index (κ1) is 18.9. The molecule has 0 spiro atoms. The second-order valence-corrected chi connectivity index (χ2v) is 6.85. The Morgan fingerprint density at radius 3 is 2.86 bits per heavy atom. The van der Waals surface area contributed by atoms with Gasteiger partial charge in [0, 0.05) is 18.0 Å². The van der Waals surface area contributed by atoms with Crippen LogP contribution in [0.5, 0.6) is 0 Å². The maximum Gasteiger partial charge on any atom is 0.240 e. The van der Waals surface area contributed by atoms with Crippen LogP contribution in [0.25, 0.3) is 0 Å². The molecule has 1 aromatic heterocycles. The first-order valence-corrected chi connectivity index (χ1v) is 7.58. The van der Waals surface area contributed by atoms with Gasteiger partial charge in [0.05, 0.1) is 12.2 Å². The molecule has 1 atom stereocenters. The summed E-state index contributed by atoms with van der Waals surface area (Å²) >= 11 is 0. The van der Waals surface area contributed by atoms with E-state index >= 15 is 0 Å². The molecule has 0 aliphatic carbocycles. The molecule has 0 saturated carbocycles. The summed E-state index contributed by atoms with van der Waals surface area (Å²) in [5, 5.41) is 6.77. The van der Waals surface area contributed by atoms with Crippen molar-refractivity contribution in [1.29, 1.82) is 0 Å². The monoisotopic (exact) mass is 330 g/mol. The van der Waals surface area contributed by atoms with Gasteiger partial charge in [-0.3, -0.25) is 15.0 Å². The van der Waals surface area contributed by atoms with Gasteiger partial charge in [-0.2, -0.15) is 0 Å². The molecule has 7 heteroatoms. The van der Waals surface area contributed by atoms with Crippen LogP contribution in [0.15, 0.2) is 10.6 Å². The van der Waals surface area contributed by atoms with Crippen molar-refractivity contribution >= 4 is 24.2 Å². The van der Waals surface area contributed by atoms with Gasteiger partial charge >= 0.3 is 0 Å². The predicted octanol–water partition coefficient (Wildman–Crippen LogP) is 2.00. The molecular formula is C15H27ClN4O2. The second kappa shape index (κ2) is 7.94. The Balaban J connectivity index is 0.00000242. The number of carbonyl (C=O) groups is 1. The van der Waals surface area contributed by atoms with E-state index in [1.807, 2.05) is 0 Å². The molecule has 1 aromatic rings. The lowest BCUT2D eigenvalue weighted by atomic mass is 9.92. The summed E-state index contributed by atoms with van der Waals surface area (Å²) < 4.78 is 5.17. The molecule has 1 aliphatic rings. The highest BCUT2D eigenvalue weighted by atomic mass is 35.5. The lowest BCUT2D eigenvalue weighted by molar-refractivity contribution is -0.117. The summed E-state index contributed by atoms with van der Waals surface area (Å²) in [5.74, 6) is 0.853. The van der Waals surface area contributed by atoms with Gasteiger partial charge in [-0.25, -0.2) is 0 Å². The Bertz CT molecular complexity index is 484. The maximum absolute atomic E-state index is 12.1. The van der Waals surface area contributed by atoms with Crippen molar-refractivity contribution in [3.05, 3.63) is 11.8 Å². The number of nitrogens with two attached hydrogens (primary N) is 1. The number of hydrogen-bond acceptors (Lipinski definition) is 5. The molecule has 1 saturated heterocycles. The van der Waals surface area contributed by atoms with E-state index in [0.29, 0.717) is 24.9 Å². The van der Waals surface area contributed by atoms with E-state index in [9.17, 15) is 4.79 Å². The van der Waals surface area contributed by atoms with E-state index in [0.717, 1.165) is 31.6 Å². The molecule has 126 valence electrons. The fourth-order valence-electron chi connectivity index (χ4n) is 2.55. The third-order valence-corrected chi connectivity index (χ3v) is 3.84. The lowest BCUT2D eigenvalue weighted by Crippen LogP contribution is -2.42. The number of anilines is 1. The number of nitrogens with one attached hydrogen (secondary N) is 1. The normalized spacial score (nSPS) is 19.5. The molecule has 2 rings (SSSR count). The molecule has 22 heavy (non-hydrogen) atoms. The molecule has 0 radical (unpaired) electrons. The van der Waals surface area contributed by atoms with Gasteiger partial charge in [0.15, 0.2) is 0 Å². The van der Waals surface area contributed by atoms with Crippen LogP contribution in [0, 0.1) is 5.92 Å². The molecule has 3 N–H and O–H groups in total. The number of rotatable bonds is 4. The van der Waals surface area contributed by atoms with Crippen molar-refractivity contribution in [1.82, 2.24) is 10.1 Å². The predicted molar refractivity (Wildman–Crippen MR) is 89.3 cm³/mol.